The van der Waals surface area contributed by atoms with Crippen LogP contribution >= 0.6 is 35.6 Å². The van der Waals surface area contributed by atoms with Gasteiger partial charge < -0.3 is 10.4 Å². The van der Waals surface area contributed by atoms with Gasteiger partial charge in [0.05, 0.1) is 5.56 Å². The first-order valence-electron chi connectivity index (χ1n) is 8.47. The van der Waals surface area contributed by atoms with Gasteiger partial charge >= 0.3 is 0 Å². The number of thiocarbonyl (C=S) groups is 1. The average molecular weight is 432 g/mol. The molecule has 0 fully saturated rings. The van der Waals surface area contributed by atoms with Gasteiger partial charge in [-0.05, 0) is 59.4 Å². The van der Waals surface area contributed by atoms with Crippen molar-refractivity contribution in [2.75, 3.05) is 12.3 Å². The third-order valence-electron chi connectivity index (χ3n) is 3.87. The lowest BCUT2D eigenvalue weighted by Crippen LogP contribution is -2.47. The summed E-state index contributed by atoms with van der Waals surface area (Å²) in [5.41, 5.74) is 5.31. The molecule has 3 aromatic carbocycles. The van der Waals surface area contributed by atoms with Crippen LogP contribution < -0.4 is 16.2 Å². The zero-order valence-electron chi connectivity index (χ0n) is 14.7. The molecular formula is C20H18ClN3O2S2. The number of hydrogen-bond donors (Lipinski definition) is 4. The number of hydrogen-bond acceptors (Lipinski definition) is 4. The molecule has 4 N–H and O–H groups in total. The highest BCUT2D eigenvalue weighted by Gasteiger charge is 2.12. The SMILES string of the molecule is O=C(NNC(=S)NCCSc1ccc(Cl)cc1)c1cc2ccccc2cc1O. The van der Waals surface area contributed by atoms with Crippen LogP contribution in [0.15, 0.2) is 65.6 Å². The number of nitrogens with one attached hydrogen (secondary N) is 3. The average Bonchev–Trinajstić information content (AvgIpc) is 2.70. The second kappa shape index (κ2) is 9.64. The van der Waals surface area contributed by atoms with Gasteiger partial charge in [-0.3, -0.25) is 15.6 Å². The fourth-order valence-electron chi connectivity index (χ4n) is 2.50. The Morgan fingerprint density at radius 1 is 1.04 bits per heavy atom. The lowest BCUT2D eigenvalue weighted by molar-refractivity contribution is 0.0941. The van der Waals surface area contributed by atoms with Crippen molar-refractivity contribution < 1.29 is 9.90 Å². The molecular weight excluding hydrogens is 414 g/mol. The number of carbonyl (C=O) groups excluding carboxylic acids is 1. The molecule has 3 rings (SSSR count). The molecule has 0 unspecified atom stereocenters. The van der Waals surface area contributed by atoms with Gasteiger partial charge in [-0.2, -0.15) is 0 Å². The standard InChI is InChI=1S/C20H18ClN3O2S2/c21-15-5-7-16(8-6-15)28-10-9-22-20(27)24-23-19(26)17-11-13-3-1-2-4-14(13)12-18(17)25/h1-8,11-12,25H,9-10H2,(H,23,26)(H2,22,24,27). The van der Waals surface area contributed by atoms with Crippen LogP contribution in [0.3, 0.4) is 0 Å². The highest BCUT2D eigenvalue weighted by Crippen LogP contribution is 2.24. The van der Waals surface area contributed by atoms with Crippen molar-refractivity contribution in [2.24, 2.45) is 0 Å². The Labute approximate surface area is 177 Å². The molecule has 0 spiro atoms. The molecule has 8 heteroatoms. The maximum atomic E-state index is 12.3. The van der Waals surface area contributed by atoms with Gasteiger partial charge in [-0.1, -0.05) is 35.9 Å². The summed E-state index contributed by atoms with van der Waals surface area (Å²) in [5.74, 6) is 0.238. The summed E-state index contributed by atoms with van der Waals surface area (Å²) in [7, 11) is 0. The van der Waals surface area contributed by atoms with Crippen LogP contribution in [-0.4, -0.2) is 28.4 Å². The molecule has 0 aliphatic carbocycles. The second-order valence-corrected chi connectivity index (χ2v) is 7.87. The van der Waals surface area contributed by atoms with E-state index in [1.807, 2.05) is 48.5 Å². The molecule has 1 amide bonds. The van der Waals surface area contributed by atoms with E-state index in [-0.39, 0.29) is 11.3 Å². The van der Waals surface area contributed by atoms with E-state index in [0.29, 0.717) is 16.7 Å². The molecule has 0 aliphatic heterocycles. The molecule has 0 atom stereocenters. The summed E-state index contributed by atoms with van der Waals surface area (Å²) in [4.78, 5) is 13.4. The van der Waals surface area contributed by atoms with E-state index in [4.69, 9.17) is 23.8 Å². The largest absolute Gasteiger partial charge is 0.507 e. The van der Waals surface area contributed by atoms with E-state index in [0.717, 1.165) is 21.4 Å². The highest BCUT2D eigenvalue weighted by atomic mass is 35.5. The Bertz CT molecular complexity index is 996. The van der Waals surface area contributed by atoms with Gasteiger partial charge in [0.25, 0.3) is 5.91 Å². The summed E-state index contributed by atoms with van der Waals surface area (Å²) in [6.07, 6.45) is 0. The summed E-state index contributed by atoms with van der Waals surface area (Å²) >= 11 is 12.7. The van der Waals surface area contributed by atoms with Gasteiger partial charge in [-0.25, -0.2) is 0 Å². The van der Waals surface area contributed by atoms with E-state index >= 15 is 0 Å². The molecule has 5 nitrogen and oxygen atoms in total. The molecule has 28 heavy (non-hydrogen) atoms. The van der Waals surface area contributed by atoms with Crippen molar-refractivity contribution in [3.05, 3.63) is 71.2 Å². The smallest absolute Gasteiger partial charge is 0.273 e. The fourth-order valence-corrected chi connectivity index (χ4v) is 3.55. The summed E-state index contributed by atoms with van der Waals surface area (Å²) in [6, 6.07) is 18.3. The van der Waals surface area contributed by atoms with Crippen molar-refractivity contribution in [1.29, 1.82) is 0 Å². The van der Waals surface area contributed by atoms with Crippen LogP contribution in [-0.2, 0) is 0 Å². The Balaban J connectivity index is 1.44. The van der Waals surface area contributed by atoms with Crippen LogP contribution in [0.4, 0.5) is 0 Å². The minimum absolute atomic E-state index is 0.0868. The summed E-state index contributed by atoms with van der Waals surface area (Å²) < 4.78 is 0. The Hall–Kier alpha value is -2.48. The molecule has 0 aliphatic rings. The normalized spacial score (nSPS) is 10.5. The number of phenolic OH excluding ortho intramolecular Hbond substituents is 1. The predicted octanol–water partition coefficient (Wildman–Crippen LogP) is 4.10. The van der Waals surface area contributed by atoms with Crippen LogP contribution in [0.5, 0.6) is 5.75 Å². The van der Waals surface area contributed by atoms with E-state index in [1.54, 1.807) is 23.9 Å². The van der Waals surface area contributed by atoms with E-state index < -0.39 is 5.91 Å². The maximum Gasteiger partial charge on any atom is 0.273 e. The lowest BCUT2D eigenvalue weighted by atomic mass is 10.1. The minimum atomic E-state index is -0.469. The second-order valence-electron chi connectivity index (χ2n) is 5.85. The molecule has 0 bridgehead atoms. The first-order valence-corrected chi connectivity index (χ1v) is 10.2. The molecule has 0 saturated carbocycles. The topological polar surface area (TPSA) is 73.4 Å². The number of carbonyl (C=O) groups is 1. The number of halogens is 1. The van der Waals surface area contributed by atoms with Crippen LogP contribution in [0.25, 0.3) is 10.8 Å². The van der Waals surface area contributed by atoms with E-state index in [9.17, 15) is 9.90 Å². The molecule has 144 valence electrons. The molecule has 0 radical (unpaired) electrons. The Morgan fingerprint density at radius 2 is 1.71 bits per heavy atom. The third kappa shape index (κ3) is 5.51. The lowest BCUT2D eigenvalue weighted by Gasteiger charge is -2.12. The number of hydrazine groups is 1. The van der Waals surface area contributed by atoms with Crippen molar-refractivity contribution >= 4 is 57.4 Å². The zero-order valence-corrected chi connectivity index (χ0v) is 17.1. The highest BCUT2D eigenvalue weighted by molar-refractivity contribution is 7.99. The minimum Gasteiger partial charge on any atom is -0.507 e. The van der Waals surface area contributed by atoms with Crippen LogP contribution in [0, 0.1) is 0 Å². The van der Waals surface area contributed by atoms with Gasteiger partial charge in [0, 0.05) is 22.2 Å². The van der Waals surface area contributed by atoms with E-state index in [1.165, 1.54) is 0 Å². The van der Waals surface area contributed by atoms with Gasteiger partial charge in [0.2, 0.25) is 0 Å². The monoisotopic (exact) mass is 431 g/mol. The van der Waals surface area contributed by atoms with Crippen LogP contribution in [0.1, 0.15) is 10.4 Å². The number of phenols is 1. The first kappa shape index (κ1) is 20.3. The third-order valence-corrected chi connectivity index (χ3v) is 5.38. The summed E-state index contributed by atoms with van der Waals surface area (Å²) in [5, 5.41) is 15.8. The Kier molecular flexibility index (Phi) is 6.97. The first-order chi connectivity index (χ1) is 13.5. The van der Waals surface area contributed by atoms with Crippen LogP contribution in [0.2, 0.25) is 5.02 Å². The Morgan fingerprint density at radius 3 is 2.43 bits per heavy atom. The molecule has 0 heterocycles. The van der Waals surface area contributed by atoms with Gasteiger partial charge in [-0.15, -0.1) is 11.8 Å². The number of benzene rings is 3. The number of thioether (sulfide) groups is 1. The predicted molar refractivity (Wildman–Crippen MR) is 119 cm³/mol. The number of fused-ring (bicyclic) bond motifs is 1. The maximum absolute atomic E-state index is 12.3. The number of rotatable bonds is 5. The molecule has 0 aromatic heterocycles. The number of amides is 1. The quantitative estimate of drug-likeness (QED) is 0.211. The van der Waals surface area contributed by atoms with Crippen molar-refractivity contribution in [3.63, 3.8) is 0 Å². The zero-order chi connectivity index (χ0) is 19.9. The van der Waals surface area contributed by atoms with Gasteiger partial charge in [0.1, 0.15) is 5.75 Å². The molecule has 0 saturated heterocycles. The number of aromatic hydroxyl groups is 1. The van der Waals surface area contributed by atoms with Crippen molar-refractivity contribution in [1.82, 2.24) is 16.2 Å². The van der Waals surface area contributed by atoms with Crippen molar-refractivity contribution in [2.45, 2.75) is 4.90 Å². The summed E-state index contributed by atoms with van der Waals surface area (Å²) in [6.45, 7) is 0.621. The fraction of sp³-hybridized carbons (Fsp3) is 0.100. The van der Waals surface area contributed by atoms with E-state index in [2.05, 4.69) is 16.2 Å². The molecule has 3 aromatic rings. The van der Waals surface area contributed by atoms with Crippen molar-refractivity contribution in [3.8, 4) is 5.75 Å². The van der Waals surface area contributed by atoms with Gasteiger partial charge in [0.15, 0.2) is 5.11 Å².